The quantitative estimate of drug-likeness (QED) is 0.646. The van der Waals surface area contributed by atoms with Crippen LogP contribution < -0.4 is 4.74 Å². The minimum atomic E-state index is -0.0890. The number of nitrogens with zero attached hydrogens (tertiary/aromatic N) is 3. The highest BCUT2D eigenvalue weighted by Gasteiger charge is 2.35. The van der Waals surface area contributed by atoms with Crippen molar-refractivity contribution < 1.29 is 19.1 Å². The van der Waals surface area contributed by atoms with Gasteiger partial charge in [0.2, 0.25) is 5.91 Å². The zero-order chi connectivity index (χ0) is 24.5. The molecule has 2 aliphatic heterocycles. The molecule has 0 spiro atoms. The number of hydrogen-bond donors (Lipinski definition) is 0. The smallest absolute Gasteiger partial charge is 0.257 e. The summed E-state index contributed by atoms with van der Waals surface area (Å²) >= 11 is 0. The topological polar surface area (TPSA) is 62.3 Å². The van der Waals surface area contributed by atoms with Crippen LogP contribution in [0.15, 0.2) is 24.3 Å². The third kappa shape index (κ3) is 6.98. The summed E-state index contributed by atoms with van der Waals surface area (Å²) in [4.78, 5) is 33.4. The molecule has 2 amide bonds. The average Bonchev–Trinajstić information content (AvgIpc) is 2.88. The lowest BCUT2D eigenvalue weighted by Gasteiger charge is -2.41. The lowest BCUT2D eigenvalue weighted by molar-refractivity contribution is -0.139. The molecule has 7 nitrogen and oxygen atoms in total. The zero-order valence-electron chi connectivity index (χ0n) is 21.5. The van der Waals surface area contributed by atoms with Gasteiger partial charge in [0, 0.05) is 32.7 Å². The van der Waals surface area contributed by atoms with Gasteiger partial charge < -0.3 is 19.3 Å². The molecule has 0 bridgehead atoms. The summed E-state index contributed by atoms with van der Waals surface area (Å²) in [5, 5.41) is 0. The fourth-order valence-electron chi connectivity index (χ4n) is 5.69. The van der Waals surface area contributed by atoms with Crippen molar-refractivity contribution in [3.05, 3.63) is 29.8 Å². The normalized spacial score (nSPS) is 25.2. The molecule has 1 aliphatic carbocycles. The SMILES string of the molecule is CCCN1CCCCCCN(C(=O)CN2CCOCC2)[C@@H]2CCCC[C@@H]2Oc2ccccc2C1=O. The largest absolute Gasteiger partial charge is 0.487 e. The van der Waals surface area contributed by atoms with E-state index < -0.39 is 0 Å². The van der Waals surface area contributed by atoms with E-state index in [0.717, 1.165) is 90.5 Å². The summed E-state index contributed by atoms with van der Waals surface area (Å²) in [6.07, 6.45) is 9.05. The number of para-hydroxylation sites is 1. The Labute approximate surface area is 210 Å². The van der Waals surface area contributed by atoms with Gasteiger partial charge in [0.25, 0.3) is 5.91 Å². The predicted octanol–water partition coefficient (Wildman–Crippen LogP) is 3.96. The van der Waals surface area contributed by atoms with Gasteiger partial charge in [-0.05, 0) is 50.7 Å². The Morgan fingerprint density at radius 3 is 2.49 bits per heavy atom. The number of benzene rings is 1. The Morgan fingerprint density at radius 2 is 1.69 bits per heavy atom. The first-order chi connectivity index (χ1) is 17.2. The summed E-state index contributed by atoms with van der Waals surface area (Å²) in [6.45, 7) is 7.92. The molecule has 1 saturated carbocycles. The number of fused-ring (bicyclic) bond motifs is 2. The first kappa shape index (κ1) is 26.0. The van der Waals surface area contributed by atoms with Crippen LogP contribution in [-0.2, 0) is 9.53 Å². The monoisotopic (exact) mass is 485 g/mol. The lowest BCUT2D eigenvalue weighted by Crippen LogP contribution is -2.54. The van der Waals surface area contributed by atoms with Gasteiger partial charge in [-0.3, -0.25) is 14.5 Å². The van der Waals surface area contributed by atoms with Gasteiger partial charge in [0.1, 0.15) is 11.9 Å². The molecule has 1 aromatic carbocycles. The van der Waals surface area contributed by atoms with Crippen molar-refractivity contribution >= 4 is 11.8 Å². The van der Waals surface area contributed by atoms with E-state index in [0.29, 0.717) is 31.1 Å². The molecule has 2 atom stereocenters. The van der Waals surface area contributed by atoms with Crippen LogP contribution in [0.5, 0.6) is 5.75 Å². The van der Waals surface area contributed by atoms with Gasteiger partial charge in [-0.2, -0.15) is 0 Å². The lowest BCUT2D eigenvalue weighted by atomic mass is 9.90. The zero-order valence-corrected chi connectivity index (χ0v) is 21.5. The van der Waals surface area contributed by atoms with Crippen LogP contribution in [0, 0.1) is 0 Å². The summed E-state index contributed by atoms with van der Waals surface area (Å²) in [6, 6.07) is 7.73. The molecule has 3 aliphatic rings. The van der Waals surface area contributed by atoms with E-state index in [4.69, 9.17) is 9.47 Å². The maximum Gasteiger partial charge on any atom is 0.257 e. The Kier molecular flexibility index (Phi) is 9.83. The summed E-state index contributed by atoms with van der Waals surface area (Å²) in [5.41, 5.74) is 0.647. The molecule has 0 aromatic heterocycles. The molecule has 35 heavy (non-hydrogen) atoms. The van der Waals surface area contributed by atoms with Crippen LogP contribution in [0.25, 0.3) is 0 Å². The van der Waals surface area contributed by atoms with Crippen LogP contribution in [0.2, 0.25) is 0 Å². The van der Waals surface area contributed by atoms with Crippen molar-refractivity contribution in [1.29, 1.82) is 0 Å². The van der Waals surface area contributed by atoms with Crippen molar-refractivity contribution in [3.8, 4) is 5.75 Å². The molecule has 0 radical (unpaired) electrons. The van der Waals surface area contributed by atoms with Crippen molar-refractivity contribution in [2.75, 3.05) is 52.5 Å². The van der Waals surface area contributed by atoms with Gasteiger partial charge in [0.05, 0.1) is 31.4 Å². The number of amides is 2. The molecule has 2 fully saturated rings. The highest BCUT2D eigenvalue weighted by Crippen LogP contribution is 2.31. The maximum atomic E-state index is 13.6. The average molecular weight is 486 g/mol. The second-order valence-corrected chi connectivity index (χ2v) is 10.2. The molecule has 0 N–H and O–H groups in total. The van der Waals surface area contributed by atoms with E-state index in [9.17, 15) is 9.59 Å². The van der Waals surface area contributed by atoms with Crippen molar-refractivity contribution in [2.45, 2.75) is 76.9 Å². The van der Waals surface area contributed by atoms with E-state index >= 15 is 0 Å². The number of hydrogen-bond acceptors (Lipinski definition) is 5. The van der Waals surface area contributed by atoms with E-state index in [2.05, 4.69) is 16.7 Å². The van der Waals surface area contributed by atoms with E-state index in [1.807, 2.05) is 29.2 Å². The fourth-order valence-corrected chi connectivity index (χ4v) is 5.69. The number of carbonyl (C=O) groups excluding carboxylic acids is 2. The van der Waals surface area contributed by atoms with E-state index in [1.54, 1.807) is 0 Å². The Morgan fingerprint density at radius 1 is 0.943 bits per heavy atom. The van der Waals surface area contributed by atoms with Crippen LogP contribution >= 0.6 is 0 Å². The second kappa shape index (κ2) is 13.3. The summed E-state index contributed by atoms with van der Waals surface area (Å²) in [7, 11) is 0. The molecular formula is C28H43N3O4. The highest BCUT2D eigenvalue weighted by molar-refractivity contribution is 5.97. The highest BCUT2D eigenvalue weighted by atomic mass is 16.5. The first-order valence-corrected chi connectivity index (χ1v) is 13.8. The fraction of sp³-hybridized carbons (Fsp3) is 0.714. The summed E-state index contributed by atoms with van der Waals surface area (Å²) < 4.78 is 12.1. The van der Waals surface area contributed by atoms with Gasteiger partial charge in [-0.25, -0.2) is 0 Å². The maximum absolute atomic E-state index is 13.6. The number of morpholine rings is 1. The standard InChI is InChI=1S/C28H43N3O4/c1-2-15-30-16-9-3-4-10-17-31(27(32)22-29-18-20-34-21-19-29)24-12-6-8-14-26(24)35-25-13-7-5-11-23(25)28(30)33/h5,7,11,13,24,26H,2-4,6,8-10,12,14-22H2,1H3/t24-,26+/m1/s1. The van der Waals surface area contributed by atoms with Gasteiger partial charge in [-0.1, -0.05) is 38.3 Å². The molecule has 2 heterocycles. The molecular weight excluding hydrogens is 442 g/mol. The van der Waals surface area contributed by atoms with Crippen LogP contribution in [0.4, 0.5) is 0 Å². The van der Waals surface area contributed by atoms with Crippen LogP contribution in [0.1, 0.15) is 75.1 Å². The van der Waals surface area contributed by atoms with E-state index in [-0.39, 0.29) is 24.0 Å². The minimum absolute atomic E-state index is 0.0511. The van der Waals surface area contributed by atoms with Crippen molar-refractivity contribution in [1.82, 2.24) is 14.7 Å². The number of ether oxygens (including phenoxy) is 2. The molecule has 7 heteroatoms. The summed E-state index contributed by atoms with van der Waals surface area (Å²) in [5.74, 6) is 0.929. The number of rotatable bonds is 4. The third-order valence-electron chi connectivity index (χ3n) is 7.60. The van der Waals surface area contributed by atoms with E-state index in [1.165, 1.54) is 0 Å². The third-order valence-corrected chi connectivity index (χ3v) is 7.60. The molecule has 0 unspecified atom stereocenters. The minimum Gasteiger partial charge on any atom is -0.487 e. The Bertz CT molecular complexity index is 826. The van der Waals surface area contributed by atoms with Gasteiger partial charge in [-0.15, -0.1) is 0 Å². The molecule has 1 aromatic rings. The van der Waals surface area contributed by atoms with Gasteiger partial charge >= 0.3 is 0 Å². The molecule has 1 saturated heterocycles. The Hall–Kier alpha value is -2.12. The van der Waals surface area contributed by atoms with Crippen molar-refractivity contribution in [3.63, 3.8) is 0 Å². The van der Waals surface area contributed by atoms with Gasteiger partial charge in [0.15, 0.2) is 0 Å². The number of carbonyl (C=O) groups is 2. The first-order valence-electron chi connectivity index (χ1n) is 13.8. The molecule has 4 rings (SSSR count). The molecule has 194 valence electrons. The predicted molar refractivity (Wildman–Crippen MR) is 137 cm³/mol. The van der Waals surface area contributed by atoms with Crippen LogP contribution in [-0.4, -0.2) is 91.1 Å². The Balaban J connectivity index is 1.58. The van der Waals surface area contributed by atoms with Crippen molar-refractivity contribution in [2.24, 2.45) is 0 Å². The second-order valence-electron chi connectivity index (χ2n) is 10.2. The van der Waals surface area contributed by atoms with Crippen LogP contribution in [0.3, 0.4) is 0 Å².